The highest BCUT2D eigenvalue weighted by Crippen LogP contribution is 2.40. The summed E-state index contributed by atoms with van der Waals surface area (Å²) in [5.74, 6) is -1.19. The first-order chi connectivity index (χ1) is 10.5. The molecule has 0 spiro atoms. The molecule has 6 heteroatoms. The minimum atomic E-state index is -4.39. The van der Waals surface area contributed by atoms with Gasteiger partial charge in [-0.25, -0.2) is 0 Å². The maximum Gasteiger partial charge on any atom is 0.396 e. The lowest BCUT2D eigenvalue weighted by atomic mass is 10.0. The molecule has 0 radical (unpaired) electrons. The van der Waals surface area contributed by atoms with Crippen molar-refractivity contribution in [2.45, 2.75) is 24.9 Å². The van der Waals surface area contributed by atoms with Crippen LogP contribution in [0.25, 0.3) is 0 Å². The number of halogens is 3. The van der Waals surface area contributed by atoms with Crippen molar-refractivity contribution in [3.05, 3.63) is 58.3 Å². The summed E-state index contributed by atoms with van der Waals surface area (Å²) in [7, 11) is 0. The summed E-state index contributed by atoms with van der Waals surface area (Å²) < 4.78 is 39.2. The van der Waals surface area contributed by atoms with Crippen LogP contribution in [0.3, 0.4) is 0 Å². The molecular formula is C16H15F3OS2. The molecule has 0 saturated carbocycles. The number of rotatable bonds is 6. The second kappa shape index (κ2) is 7.83. The number of carbonyl (C=O) groups is 1. The van der Waals surface area contributed by atoms with Gasteiger partial charge >= 0.3 is 6.18 Å². The third-order valence-electron chi connectivity index (χ3n) is 3.15. The lowest BCUT2D eigenvalue weighted by molar-refractivity contribution is -0.154. The van der Waals surface area contributed by atoms with E-state index in [0.29, 0.717) is 12.2 Å². The Morgan fingerprint density at radius 2 is 1.86 bits per heavy atom. The molecule has 0 amide bonds. The number of thioether (sulfide) groups is 1. The topological polar surface area (TPSA) is 17.1 Å². The van der Waals surface area contributed by atoms with E-state index in [4.69, 9.17) is 0 Å². The zero-order valence-corrected chi connectivity index (χ0v) is 13.3. The van der Waals surface area contributed by atoms with Crippen molar-refractivity contribution in [1.82, 2.24) is 0 Å². The first-order valence-corrected chi connectivity index (χ1v) is 8.63. The van der Waals surface area contributed by atoms with Crippen molar-refractivity contribution >= 4 is 28.2 Å². The largest absolute Gasteiger partial charge is 0.396 e. The predicted molar refractivity (Wildman–Crippen MR) is 85.3 cm³/mol. The molecule has 0 N–H and O–H groups in total. The monoisotopic (exact) mass is 344 g/mol. The highest BCUT2D eigenvalue weighted by molar-refractivity contribution is 8.13. The summed E-state index contributed by atoms with van der Waals surface area (Å²) in [5.41, 5.74) is 1.08. The molecule has 2 aromatic rings. The molecule has 0 aliphatic carbocycles. The molecule has 0 aliphatic rings. The molecule has 0 aliphatic heterocycles. The normalized spacial score (nSPS) is 13.0. The van der Waals surface area contributed by atoms with Crippen LogP contribution in [-0.4, -0.2) is 17.0 Å². The van der Waals surface area contributed by atoms with E-state index >= 15 is 0 Å². The summed E-state index contributed by atoms with van der Waals surface area (Å²) in [6.07, 6.45) is -4.21. The zero-order valence-electron chi connectivity index (χ0n) is 11.7. The van der Waals surface area contributed by atoms with Gasteiger partial charge in [0.1, 0.15) is 0 Å². The minimum Gasteiger partial charge on any atom is -0.287 e. The maximum atomic E-state index is 13.1. The van der Waals surface area contributed by atoms with Crippen LogP contribution in [0.5, 0.6) is 0 Å². The summed E-state index contributed by atoms with van der Waals surface area (Å²) in [5, 5.41) is 1.19. The first kappa shape index (κ1) is 17.1. The molecular weight excluding hydrogens is 329 g/mol. The van der Waals surface area contributed by atoms with Crippen LogP contribution in [0.1, 0.15) is 22.8 Å². The number of carbonyl (C=O) groups excluding carboxylic acids is 1. The molecule has 118 valence electrons. The predicted octanol–water partition coefficient (Wildman–Crippen LogP) is 5.29. The van der Waals surface area contributed by atoms with E-state index in [1.807, 2.05) is 30.3 Å². The molecule has 1 heterocycles. The van der Waals surface area contributed by atoms with Gasteiger partial charge in [0.15, 0.2) is 5.12 Å². The lowest BCUT2D eigenvalue weighted by Crippen LogP contribution is -2.22. The summed E-state index contributed by atoms with van der Waals surface area (Å²) >= 11 is 2.02. The Morgan fingerprint density at radius 3 is 2.45 bits per heavy atom. The summed E-state index contributed by atoms with van der Waals surface area (Å²) in [4.78, 5) is 12.1. The number of alkyl halides is 3. The van der Waals surface area contributed by atoms with Crippen LogP contribution < -0.4 is 0 Å². The molecule has 1 atom stereocenters. The highest BCUT2D eigenvalue weighted by atomic mass is 32.2. The van der Waals surface area contributed by atoms with Crippen LogP contribution >= 0.6 is 23.1 Å². The van der Waals surface area contributed by atoms with Gasteiger partial charge in [-0.2, -0.15) is 13.2 Å². The van der Waals surface area contributed by atoms with Gasteiger partial charge < -0.3 is 0 Å². The molecule has 0 fully saturated rings. The Balaban J connectivity index is 1.86. The molecule has 0 unspecified atom stereocenters. The van der Waals surface area contributed by atoms with Crippen LogP contribution in [0.2, 0.25) is 0 Å². The Morgan fingerprint density at radius 1 is 1.14 bits per heavy atom. The van der Waals surface area contributed by atoms with E-state index < -0.39 is 23.6 Å². The van der Waals surface area contributed by atoms with Crippen molar-refractivity contribution in [2.75, 3.05) is 5.75 Å². The average molecular weight is 344 g/mol. The van der Waals surface area contributed by atoms with Gasteiger partial charge in [0, 0.05) is 17.1 Å². The zero-order chi connectivity index (χ0) is 16.0. The van der Waals surface area contributed by atoms with E-state index in [-0.39, 0.29) is 4.88 Å². The molecule has 0 bridgehead atoms. The summed E-state index contributed by atoms with van der Waals surface area (Å²) in [6.45, 7) is 0. The third kappa shape index (κ3) is 5.18. The van der Waals surface area contributed by atoms with Gasteiger partial charge in [0.25, 0.3) is 0 Å². The lowest BCUT2D eigenvalue weighted by Gasteiger charge is -2.18. The van der Waals surface area contributed by atoms with Crippen molar-refractivity contribution in [3.8, 4) is 0 Å². The Kier molecular flexibility index (Phi) is 6.08. The third-order valence-corrected chi connectivity index (χ3v) is 5.03. The maximum absolute atomic E-state index is 13.1. The SMILES string of the molecule is O=C(C[C@@H](c1cccs1)C(F)(F)F)SCCc1ccccc1. The minimum absolute atomic E-state index is 0.199. The van der Waals surface area contributed by atoms with E-state index in [2.05, 4.69) is 0 Å². The average Bonchev–Trinajstić information content (AvgIpc) is 2.98. The number of hydrogen-bond donors (Lipinski definition) is 0. The second-order valence-electron chi connectivity index (χ2n) is 4.77. The number of thiophene rings is 1. The fraction of sp³-hybridized carbons (Fsp3) is 0.312. The van der Waals surface area contributed by atoms with E-state index in [9.17, 15) is 18.0 Å². The summed E-state index contributed by atoms with van der Waals surface area (Å²) in [6, 6.07) is 12.6. The Bertz CT molecular complexity index is 579. The van der Waals surface area contributed by atoms with Gasteiger partial charge in [-0.1, -0.05) is 48.2 Å². The smallest absolute Gasteiger partial charge is 0.287 e. The first-order valence-electron chi connectivity index (χ1n) is 6.76. The van der Waals surface area contributed by atoms with E-state index in [0.717, 1.165) is 28.7 Å². The van der Waals surface area contributed by atoms with Gasteiger partial charge in [-0.15, -0.1) is 11.3 Å². The van der Waals surface area contributed by atoms with Crippen molar-refractivity contribution < 1.29 is 18.0 Å². The fourth-order valence-electron chi connectivity index (χ4n) is 2.02. The molecule has 1 aromatic heterocycles. The molecule has 1 nitrogen and oxygen atoms in total. The molecule has 2 rings (SSSR count). The number of benzene rings is 1. The van der Waals surface area contributed by atoms with Crippen LogP contribution in [0.15, 0.2) is 47.8 Å². The van der Waals surface area contributed by atoms with Crippen molar-refractivity contribution in [1.29, 1.82) is 0 Å². The number of hydrogen-bond acceptors (Lipinski definition) is 3. The van der Waals surface area contributed by atoms with Gasteiger partial charge in [0.05, 0.1) is 5.92 Å². The molecule has 0 saturated heterocycles. The molecule has 1 aromatic carbocycles. The second-order valence-corrected chi connectivity index (χ2v) is 6.90. The standard InChI is InChI=1S/C16H15F3OS2/c17-16(18,19)13(14-7-4-9-21-14)11-15(20)22-10-8-12-5-2-1-3-6-12/h1-7,9,13H,8,10-11H2/t13-/m0/s1. The van der Waals surface area contributed by atoms with E-state index in [1.165, 1.54) is 6.07 Å². The van der Waals surface area contributed by atoms with Crippen molar-refractivity contribution in [2.24, 2.45) is 0 Å². The van der Waals surface area contributed by atoms with Crippen LogP contribution in [0.4, 0.5) is 13.2 Å². The Hall–Kier alpha value is -1.27. The Labute approximate surface area is 135 Å². The van der Waals surface area contributed by atoms with Gasteiger partial charge in [-0.3, -0.25) is 4.79 Å². The molecule has 22 heavy (non-hydrogen) atoms. The van der Waals surface area contributed by atoms with Crippen LogP contribution in [0, 0.1) is 0 Å². The van der Waals surface area contributed by atoms with E-state index in [1.54, 1.807) is 11.4 Å². The quantitative estimate of drug-likeness (QED) is 0.708. The van der Waals surface area contributed by atoms with Gasteiger partial charge in [-0.05, 0) is 23.4 Å². The van der Waals surface area contributed by atoms with Crippen LogP contribution in [-0.2, 0) is 11.2 Å². The fourth-order valence-corrected chi connectivity index (χ4v) is 3.72. The van der Waals surface area contributed by atoms with Crippen molar-refractivity contribution in [3.63, 3.8) is 0 Å². The number of aryl methyl sites for hydroxylation is 1. The van der Waals surface area contributed by atoms with Gasteiger partial charge in [0.2, 0.25) is 0 Å². The highest BCUT2D eigenvalue weighted by Gasteiger charge is 2.42.